The molecule has 0 saturated carbocycles. The molecule has 0 aromatic carbocycles. The molecule has 1 aromatic rings. The van der Waals surface area contributed by atoms with Crippen LogP contribution in [0.25, 0.3) is 0 Å². The third kappa shape index (κ3) is 1.65. The van der Waals surface area contributed by atoms with Crippen molar-refractivity contribution in [1.82, 2.24) is 4.98 Å². The molecule has 0 aliphatic rings. The maximum absolute atomic E-state index is 10.6. The fourth-order valence-electron chi connectivity index (χ4n) is 0.489. The van der Waals surface area contributed by atoms with E-state index in [4.69, 9.17) is 0 Å². The number of carbonyl (C=O) groups excluding carboxylic acids is 1. The van der Waals surface area contributed by atoms with Crippen molar-refractivity contribution in [3.8, 4) is 0 Å². The topological polar surface area (TPSA) is 30.0 Å². The van der Waals surface area contributed by atoms with Crippen molar-refractivity contribution in [2.75, 3.05) is 0 Å². The molecule has 9 heavy (non-hydrogen) atoms. The van der Waals surface area contributed by atoms with E-state index < -0.39 is 0 Å². The zero-order valence-electron chi connectivity index (χ0n) is 4.61. The van der Waals surface area contributed by atoms with Gasteiger partial charge in [0.1, 0.15) is 0 Å². The monoisotopic (exact) mass is 181 g/mol. The summed E-state index contributed by atoms with van der Waals surface area (Å²) >= 11 is 1.93. The Morgan fingerprint density at radius 1 is 1.56 bits per heavy atom. The van der Waals surface area contributed by atoms with Gasteiger partial charge in [0.25, 0.3) is 0 Å². The average Bonchev–Trinajstić information content (AvgIpc) is 1.90. The van der Waals surface area contributed by atoms with E-state index in [2.05, 4.69) is 4.98 Å². The summed E-state index contributed by atoms with van der Waals surface area (Å²) in [6.07, 6.45) is 1.60. The average molecular weight is 181 g/mol. The minimum atomic E-state index is -0.0527. The van der Waals surface area contributed by atoms with Gasteiger partial charge in [0, 0.05) is 0 Å². The van der Waals surface area contributed by atoms with E-state index in [1.54, 1.807) is 24.4 Å². The Hall–Kier alpha value is -0.622. The molecule has 0 aliphatic carbocycles. The molecule has 0 spiro atoms. The molecule has 0 bridgehead atoms. The van der Waals surface area contributed by atoms with Gasteiger partial charge in [0.05, 0.1) is 0 Å². The molecule has 0 aliphatic heterocycles. The molecule has 0 unspecified atom stereocenters. The minimum absolute atomic E-state index is 0.0527. The zero-order chi connectivity index (χ0) is 6.69. The molecule has 1 rings (SSSR count). The number of pyridine rings is 1. The van der Waals surface area contributed by atoms with Crippen LogP contribution in [0.2, 0.25) is 0 Å². The van der Waals surface area contributed by atoms with E-state index in [1.807, 2.05) is 16.9 Å². The quantitative estimate of drug-likeness (QED) is 0.586. The van der Waals surface area contributed by atoms with Crippen molar-refractivity contribution >= 4 is 21.4 Å². The van der Waals surface area contributed by atoms with Crippen molar-refractivity contribution in [2.45, 2.75) is 0 Å². The van der Waals surface area contributed by atoms with Crippen LogP contribution in [0.4, 0.5) is 0 Å². The Balaban J connectivity index is 2.98. The Morgan fingerprint density at radius 3 is 2.67 bits per heavy atom. The number of aromatic nitrogens is 1. The van der Waals surface area contributed by atoms with E-state index in [-0.39, 0.29) is 4.57 Å². The predicted molar refractivity (Wildman–Crippen MR) is 34.3 cm³/mol. The molecule has 3 heteroatoms. The van der Waals surface area contributed by atoms with Gasteiger partial charge in [-0.3, -0.25) is 0 Å². The summed E-state index contributed by atoms with van der Waals surface area (Å²) in [7, 11) is 0. The molecule has 0 saturated heterocycles. The molecule has 0 amide bonds. The summed E-state index contributed by atoms with van der Waals surface area (Å²) < 4.78 is -0.0527. The summed E-state index contributed by atoms with van der Waals surface area (Å²) in [6.45, 7) is 0. The normalized spacial score (nSPS) is 9.00. The van der Waals surface area contributed by atoms with E-state index in [1.165, 1.54) is 0 Å². The van der Waals surface area contributed by atoms with Gasteiger partial charge < -0.3 is 0 Å². The number of carbonyl (C=O) groups is 1. The molecule has 1 aromatic heterocycles. The van der Waals surface area contributed by atoms with E-state index in [0.29, 0.717) is 5.69 Å². The predicted octanol–water partition coefficient (Wildman–Crippen LogP) is 0.390. The standard InChI is InChI=1S/C6H4AsNO/c7-6(9)5-3-1-2-4-8-5/h1-4H. The van der Waals surface area contributed by atoms with Crippen LogP contribution in [0, 0.1) is 0 Å². The van der Waals surface area contributed by atoms with Crippen LogP contribution >= 0.6 is 0 Å². The van der Waals surface area contributed by atoms with Crippen LogP contribution in [0.5, 0.6) is 0 Å². The fourth-order valence-corrected chi connectivity index (χ4v) is 0.767. The number of rotatable bonds is 1. The van der Waals surface area contributed by atoms with Gasteiger partial charge >= 0.3 is 61.3 Å². The van der Waals surface area contributed by atoms with Crippen LogP contribution in [0.15, 0.2) is 24.4 Å². The second-order valence-corrected chi connectivity index (χ2v) is 2.37. The van der Waals surface area contributed by atoms with Gasteiger partial charge in [-0.25, -0.2) is 0 Å². The summed E-state index contributed by atoms with van der Waals surface area (Å²) in [6, 6.07) is 5.24. The third-order valence-electron chi connectivity index (χ3n) is 0.884. The molecule has 44 valence electrons. The molecular formula is C6H4AsNO. The summed E-state index contributed by atoms with van der Waals surface area (Å²) in [4.78, 5) is 14.4. The van der Waals surface area contributed by atoms with Gasteiger partial charge in [0.2, 0.25) is 0 Å². The molecule has 2 nitrogen and oxygen atoms in total. The first-order valence-corrected chi connectivity index (χ1v) is 3.39. The van der Waals surface area contributed by atoms with Crippen molar-refractivity contribution < 1.29 is 4.79 Å². The van der Waals surface area contributed by atoms with Gasteiger partial charge in [-0.15, -0.1) is 0 Å². The van der Waals surface area contributed by atoms with Gasteiger partial charge in [-0.1, -0.05) is 0 Å². The fraction of sp³-hybridized carbons (Fsp3) is 0. The maximum atomic E-state index is 10.6. The van der Waals surface area contributed by atoms with Crippen LogP contribution in [-0.2, 0) is 0 Å². The van der Waals surface area contributed by atoms with Gasteiger partial charge in [-0.05, 0) is 0 Å². The zero-order valence-corrected chi connectivity index (χ0v) is 6.49. The molecule has 0 fully saturated rings. The molecule has 0 atom stereocenters. The molecule has 0 N–H and O–H groups in total. The van der Waals surface area contributed by atoms with Crippen molar-refractivity contribution in [2.24, 2.45) is 0 Å². The first kappa shape index (κ1) is 6.50. The summed E-state index contributed by atoms with van der Waals surface area (Å²) in [5, 5.41) is 0. The second kappa shape index (κ2) is 2.79. The van der Waals surface area contributed by atoms with E-state index in [0.717, 1.165) is 0 Å². The Bertz CT molecular complexity index is 210. The Kier molecular flexibility index (Phi) is 2.01. The SMILES string of the molecule is O=C([As])c1ccccn1. The molecular weight excluding hydrogens is 177 g/mol. The number of hydrogen-bond donors (Lipinski definition) is 0. The van der Waals surface area contributed by atoms with Gasteiger partial charge in [-0.2, -0.15) is 0 Å². The van der Waals surface area contributed by atoms with Crippen LogP contribution < -0.4 is 0 Å². The summed E-state index contributed by atoms with van der Waals surface area (Å²) in [5.41, 5.74) is 0.498. The van der Waals surface area contributed by atoms with Crippen molar-refractivity contribution in [1.29, 1.82) is 0 Å². The van der Waals surface area contributed by atoms with Crippen LogP contribution in [0.1, 0.15) is 10.5 Å². The van der Waals surface area contributed by atoms with Crippen LogP contribution in [-0.4, -0.2) is 26.4 Å². The van der Waals surface area contributed by atoms with E-state index >= 15 is 0 Å². The summed E-state index contributed by atoms with van der Waals surface area (Å²) in [5.74, 6) is 0. The number of hydrogen-bond acceptors (Lipinski definition) is 2. The Morgan fingerprint density at radius 2 is 2.33 bits per heavy atom. The van der Waals surface area contributed by atoms with Crippen molar-refractivity contribution in [3.63, 3.8) is 0 Å². The third-order valence-corrected chi connectivity index (χ3v) is 1.36. The van der Waals surface area contributed by atoms with Crippen LogP contribution in [0.3, 0.4) is 0 Å². The van der Waals surface area contributed by atoms with Gasteiger partial charge in [0.15, 0.2) is 0 Å². The number of nitrogens with zero attached hydrogens (tertiary/aromatic N) is 1. The molecule has 1 heterocycles. The first-order chi connectivity index (χ1) is 4.30. The second-order valence-electron chi connectivity index (χ2n) is 1.52. The Labute approximate surface area is 61.8 Å². The first-order valence-electron chi connectivity index (χ1n) is 2.45. The molecule has 2 radical (unpaired) electrons. The van der Waals surface area contributed by atoms with E-state index in [9.17, 15) is 4.79 Å². The van der Waals surface area contributed by atoms with Crippen molar-refractivity contribution in [3.05, 3.63) is 30.1 Å².